The van der Waals surface area contributed by atoms with E-state index in [2.05, 4.69) is 86.1 Å². The Hall–Kier alpha value is -3.94. The molecule has 0 saturated carbocycles. The highest BCUT2D eigenvalue weighted by Gasteiger charge is 2.21. The Bertz CT molecular complexity index is 1650. The molecule has 5 aromatic rings. The third kappa shape index (κ3) is 5.65. The van der Waals surface area contributed by atoms with E-state index in [-0.39, 0.29) is 24.8 Å². The first-order valence-electron chi connectivity index (χ1n) is 13.4. The normalized spacial score (nSPS) is 15.5. The molecule has 1 aromatic carbocycles. The molecule has 7 rings (SSSR count). The van der Waals surface area contributed by atoms with E-state index in [1.165, 1.54) is 5.56 Å². The SMILES string of the molecule is Cl.Cl.N#Cc1cnn2cc(-c3cnn(C4CNC4)c3)cc(-c3ccc(N4CCN(Cc5ccccc5)CC4)nc3)c12. The van der Waals surface area contributed by atoms with Gasteiger partial charge in [-0.15, -0.1) is 24.8 Å². The van der Waals surface area contributed by atoms with Gasteiger partial charge in [0.05, 0.1) is 29.5 Å². The zero-order chi connectivity index (χ0) is 26.2. The fraction of sp³-hybridized carbons (Fsp3) is 0.267. The van der Waals surface area contributed by atoms with E-state index in [0.29, 0.717) is 11.6 Å². The van der Waals surface area contributed by atoms with Crippen molar-refractivity contribution in [3.8, 4) is 28.3 Å². The largest absolute Gasteiger partial charge is 0.354 e. The molecule has 2 aliphatic rings. The van der Waals surface area contributed by atoms with Crippen LogP contribution in [0, 0.1) is 11.3 Å². The summed E-state index contributed by atoms with van der Waals surface area (Å²) >= 11 is 0. The Kier molecular flexibility index (Phi) is 8.57. The van der Waals surface area contributed by atoms with Crippen LogP contribution >= 0.6 is 24.8 Å². The fourth-order valence-electron chi connectivity index (χ4n) is 5.44. The summed E-state index contributed by atoms with van der Waals surface area (Å²) in [5.74, 6) is 0.981. The van der Waals surface area contributed by atoms with E-state index in [1.807, 2.05) is 23.3 Å². The van der Waals surface area contributed by atoms with Gasteiger partial charge in [-0.1, -0.05) is 30.3 Å². The summed E-state index contributed by atoms with van der Waals surface area (Å²) in [6.07, 6.45) is 9.50. The predicted molar refractivity (Wildman–Crippen MR) is 165 cm³/mol. The molecule has 2 saturated heterocycles. The molecule has 6 heterocycles. The summed E-state index contributed by atoms with van der Waals surface area (Å²) in [7, 11) is 0. The topological polar surface area (TPSA) is 90.3 Å². The van der Waals surface area contributed by atoms with Gasteiger partial charge in [0, 0.05) is 86.7 Å². The van der Waals surface area contributed by atoms with Crippen LogP contribution in [0.15, 0.2) is 79.5 Å². The maximum atomic E-state index is 9.76. The number of pyridine rings is 2. The number of aromatic nitrogens is 5. The van der Waals surface area contributed by atoms with Gasteiger partial charge in [-0.05, 0) is 23.8 Å². The fourth-order valence-corrected chi connectivity index (χ4v) is 5.44. The molecule has 1 N–H and O–H groups in total. The van der Waals surface area contributed by atoms with E-state index in [0.717, 1.165) is 79.4 Å². The first kappa shape index (κ1) is 28.6. The summed E-state index contributed by atoms with van der Waals surface area (Å²) in [6, 6.07) is 19.7. The maximum absolute atomic E-state index is 9.76. The van der Waals surface area contributed by atoms with Gasteiger partial charge in [-0.25, -0.2) is 9.50 Å². The molecule has 0 radical (unpaired) electrons. The zero-order valence-electron chi connectivity index (χ0n) is 22.4. The van der Waals surface area contributed by atoms with Crippen LogP contribution in [-0.2, 0) is 6.54 Å². The van der Waals surface area contributed by atoms with E-state index in [4.69, 9.17) is 4.98 Å². The molecular weight excluding hydrogens is 557 g/mol. The van der Waals surface area contributed by atoms with Crippen molar-refractivity contribution < 1.29 is 0 Å². The van der Waals surface area contributed by atoms with E-state index in [9.17, 15) is 5.26 Å². The second kappa shape index (κ2) is 12.3. The number of hydrogen-bond donors (Lipinski definition) is 1. The minimum Gasteiger partial charge on any atom is -0.354 e. The lowest BCUT2D eigenvalue weighted by Crippen LogP contribution is -2.46. The van der Waals surface area contributed by atoms with Crippen molar-refractivity contribution in [2.45, 2.75) is 12.6 Å². The van der Waals surface area contributed by atoms with Crippen LogP contribution in [0.25, 0.3) is 27.8 Å². The Morgan fingerprint density at radius 2 is 1.66 bits per heavy atom. The molecule has 0 amide bonds. The van der Waals surface area contributed by atoms with Gasteiger partial charge < -0.3 is 10.2 Å². The van der Waals surface area contributed by atoms with Crippen molar-refractivity contribution >= 4 is 36.1 Å². The molecule has 9 nitrogen and oxygen atoms in total. The number of rotatable bonds is 6. The number of halogens is 2. The molecule has 0 unspecified atom stereocenters. The number of hydrogen-bond acceptors (Lipinski definition) is 7. The summed E-state index contributed by atoms with van der Waals surface area (Å²) in [5.41, 5.74) is 6.62. The number of nitrogens with one attached hydrogen (secondary N) is 1. The predicted octanol–water partition coefficient (Wildman–Crippen LogP) is 4.44. The number of anilines is 1. The van der Waals surface area contributed by atoms with Crippen LogP contribution < -0.4 is 10.2 Å². The molecule has 0 spiro atoms. The van der Waals surface area contributed by atoms with Gasteiger partial charge in [0.2, 0.25) is 0 Å². The van der Waals surface area contributed by atoms with E-state index < -0.39 is 0 Å². The second-order valence-electron chi connectivity index (χ2n) is 10.3. The molecule has 41 heavy (non-hydrogen) atoms. The van der Waals surface area contributed by atoms with Crippen molar-refractivity contribution in [1.29, 1.82) is 5.26 Å². The Morgan fingerprint density at radius 1 is 0.854 bits per heavy atom. The van der Waals surface area contributed by atoms with Gasteiger partial charge in [0.1, 0.15) is 11.9 Å². The van der Waals surface area contributed by atoms with Crippen molar-refractivity contribution in [2.24, 2.45) is 0 Å². The molecule has 2 aliphatic heterocycles. The van der Waals surface area contributed by atoms with Gasteiger partial charge in [0.15, 0.2) is 0 Å². The highest BCUT2D eigenvalue weighted by molar-refractivity contribution is 5.87. The van der Waals surface area contributed by atoms with Crippen LogP contribution in [0.4, 0.5) is 5.82 Å². The first-order valence-corrected chi connectivity index (χ1v) is 13.4. The monoisotopic (exact) mass is 587 g/mol. The van der Waals surface area contributed by atoms with Crippen LogP contribution in [0.2, 0.25) is 0 Å². The smallest absolute Gasteiger partial charge is 0.128 e. The van der Waals surface area contributed by atoms with Crippen LogP contribution in [0.5, 0.6) is 0 Å². The summed E-state index contributed by atoms with van der Waals surface area (Å²) in [6.45, 7) is 6.77. The summed E-state index contributed by atoms with van der Waals surface area (Å²) in [4.78, 5) is 9.70. The lowest BCUT2D eigenvalue weighted by atomic mass is 10.0. The van der Waals surface area contributed by atoms with Crippen LogP contribution in [0.3, 0.4) is 0 Å². The molecule has 0 aliphatic carbocycles. The molecule has 0 atom stereocenters. The number of nitrogens with zero attached hydrogens (tertiary/aromatic N) is 8. The lowest BCUT2D eigenvalue weighted by Gasteiger charge is -2.35. The lowest BCUT2D eigenvalue weighted by molar-refractivity contribution is 0.249. The minimum atomic E-state index is 0. The summed E-state index contributed by atoms with van der Waals surface area (Å²) < 4.78 is 3.82. The van der Waals surface area contributed by atoms with Gasteiger partial charge in [-0.2, -0.15) is 15.5 Å². The minimum absolute atomic E-state index is 0. The number of benzene rings is 1. The van der Waals surface area contributed by atoms with Crippen molar-refractivity contribution in [2.75, 3.05) is 44.2 Å². The van der Waals surface area contributed by atoms with E-state index in [1.54, 1.807) is 10.7 Å². The molecule has 4 aromatic heterocycles. The van der Waals surface area contributed by atoms with Crippen LogP contribution in [-0.4, -0.2) is 68.5 Å². The third-order valence-corrected chi connectivity index (χ3v) is 7.81. The molecule has 0 bridgehead atoms. The molecule has 210 valence electrons. The number of fused-ring (bicyclic) bond motifs is 1. The molecule has 11 heteroatoms. The molecule has 2 fully saturated rings. The average molecular weight is 589 g/mol. The Morgan fingerprint density at radius 3 is 2.34 bits per heavy atom. The number of piperazine rings is 1. The van der Waals surface area contributed by atoms with E-state index >= 15 is 0 Å². The van der Waals surface area contributed by atoms with Gasteiger partial charge >= 0.3 is 0 Å². The van der Waals surface area contributed by atoms with Crippen molar-refractivity contribution in [3.05, 3.63) is 90.6 Å². The second-order valence-corrected chi connectivity index (χ2v) is 10.3. The zero-order valence-corrected chi connectivity index (χ0v) is 24.1. The van der Waals surface area contributed by atoms with Crippen molar-refractivity contribution in [3.63, 3.8) is 0 Å². The maximum Gasteiger partial charge on any atom is 0.128 e. The van der Waals surface area contributed by atoms with Crippen molar-refractivity contribution in [1.82, 2.24) is 34.6 Å². The van der Waals surface area contributed by atoms with Gasteiger partial charge in [0.25, 0.3) is 0 Å². The van der Waals surface area contributed by atoms with Gasteiger partial charge in [-0.3, -0.25) is 9.58 Å². The highest BCUT2D eigenvalue weighted by atomic mass is 35.5. The third-order valence-electron chi connectivity index (χ3n) is 7.81. The Balaban J connectivity index is 0.00000169. The van der Waals surface area contributed by atoms with Crippen LogP contribution in [0.1, 0.15) is 17.2 Å². The quantitative estimate of drug-likeness (QED) is 0.314. The number of nitriles is 1. The average Bonchev–Trinajstić information content (AvgIpc) is 3.60. The standard InChI is InChI=1S/C30H29N9.2ClH/c31-13-25-15-35-39-20-24(26-16-34-38(21-26)27-17-32-18-27)12-28(30(25)39)23-6-7-29(33-14-23)37-10-8-36(9-11-37)19-22-4-2-1-3-5-22;;/h1-7,12,14-16,20-21,27,32H,8-11,17-19H2;2*1H. The summed E-state index contributed by atoms with van der Waals surface area (Å²) in [5, 5.41) is 22.1. The molecular formula is C30H31Cl2N9. The first-order chi connectivity index (χ1) is 19.2. The highest BCUT2D eigenvalue weighted by Crippen LogP contribution is 2.33. The Labute approximate surface area is 251 Å².